The van der Waals surface area contributed by atoms with Crippen molar-refractivity contribution in [2.75, 3.05) is 6.54 Å². The van der Waals surface area contributed by atoms with Crippen molar-refractivity contribution in [3.63, 3.8) is 0 Å². The summed E-state index contributed by atoms with van der Waals surface area (Å²) in [6.07, 6.45) is 0.751. The molecule has 26 heavy (non-hydrogen) atoms. The third-order valence-electron chi connectivity index (χ3n) is 6.28. The van der Waals surface area contributed by atoms with Crippen molar-refractivity contribution < 1.29 is 4.79 Å². The Kier molecular flexibility index (Phi) is 5.90. The summed E-state index contributed by atoms with van der Waals surface area (Å²) in [6.45, 7) is 19.4. The molecule has 2 rings (SSSR count). The molecule has 1 aromatic heterocycles. The van der Waals surface area contributed by atoms with Crippen molar-refractivity contribution >= 4 is 5.91 Å². The number of nitrogens with one attached hydrogen (secondary N) is 1. The summed E-state index contributed by atoms with van der Waals surface area (Å²) < 4.78 is 0. The Bertz CT molecular complexity index is 850. The van der Waals surface area contributed by atoms with Crippen LogP contribution in [0.1, 0.15) is 66.3 Å². The average Bonchev–Trinajstić information content (AvgIpc) is 2.60. The molecule has 1 N–H and O–H groups in total. The molecule has 1 aromatic carbocycles. The maximum atomic E-state index is 12.8. The maximum Gasteiger partial charge on any atom is 0.251 e. The summed E-state index contributed by atoms with van der Waals surface area (Å²) >= 11 is 0. The van der Waals surface area contributed by atoms with Gasteiger partial charge in [0, 0.05) is 29.9 Å². The number of nitrogens with zero attached hydrogens (tertiary/aromatic N) is 1. The quantitative estimate of drug-likeness (QED) is 0.856. The molecule has 3 nitrogen and oxygen atoms in total. The fraction of sp³-hybridized carbons (Fsp3) is 0.478. The van der Waals surface area contributed by atoms with Gasteiger partial charge >= 0.3 is 0 Å². The predicted molar refractivity (Wildman–Crippen MR) is 109 cm³/mol. The van der Waals surface area contributed by atoms with Gasteiger partial charge in [0.15, 0.2) is 0 Å². The summed E-state index contributed by atoms with van der Waals surface area (Å²) in [7, 11) is 0. The number of hydrogen-bond donors (Lipinski definition) is 1. The highest BCUT2D eigenvalue weighted by Crippen LogP contribution is 2.26. The largest absolute Gasteiger partial charge is 0.352 e. The minimum atomic E-state index is 0.0180. The van der Waals surface area contributed by atoms with Gasteiger partial charge in [0.1, 0.15) is 0 Å². The van der Waals surface area contributed by atoms with E-state index in [-0.39, 0.29) is 5.91 Å². The van der Waals surface area contributed by atoms with Crippen LogP contribution in [0.3, 0.4) is 0 Å². The van der Waals surface area contributed by atoms with Gasteiger partial charge in [-0.3, -0.25) is 9.78 Å². The van der Waals surface area contributed by atoms with E-state index in [1.165, 1.54) is 33.4 Å². The number of carbonyl (C=O) groups is 1. The monoisotopic (exact) mass is 352 g/mol. The summed E-state index contributed by atoms with van der Waals surface area (Å²) in [5.74, 6) is 0.0180. The molecule has 0 atom stereocenters. The van der Waals surface area contributed by atoms with E-state index >= 15 is 0 Å². The number of aryl methyl sites for hydroxylation is 1. The third-order valence-corrected chi connectivity index (χ3v) is 6.28. The first kappa shape index (κ1) is 20.2. The van der Waals surface area contributed by atoms with Crippen LogP contribution in [-0.2, 0) is 6.42 Å². The van der Waals surface area contributed by atoms with Gasteiger partial charge in [0.05, 0.1) is 0 Å². The molecule has 0 aliphatic heterocycles. The summed E-state index contributed by atoms with van der Waals surface area (Å²) in [6, 6.07) is 0. The summed E-state index contributed by atoms with van der Waals surface area (Å²) in [5, 5.41) is 3.10. The van der Waals surface area contributed by atoms with E-state index in [0.29, 0.717) is 6.54 Å². The molecule has 140 valence electrons. The number of aromatic nitrogens is 1. The van der Waals surface area contributed by atoms with Gasteiger partial charge in [-0.15, -0.1) is 0 Å². The fourth-order valence-electron chi connectivity index (χ4n) is 3.61. The number of amides is 1. The maximum absolute atomic E-state index is 12.8. The molecule has 1 amide bonds. The smallest absolute Gasteiger partial charge is 0.251 e. The lowest BCUT2D eigenvalue weighted by Crippen LogP contribution is -2.28. The molecule has 0 radical (unpaired) electrons. The second kappa shape index (κ2) is 7.61. The Hall–Kier alpha value is -2.16. The van der Waals surface area contributed by atoms with Crippen LogP contribution in [-0.4, -0.2) is 17.4 Å². The van der Waals surface area contributed by atoms with E-state index in [4.69, 9.17) is 4.98 Å². The zero-order valence-electron chi connectivity index (χ0n) is 17.8. The van der Waals surface area contributed by atoms with Gasteiger partial charge in [0.2, 0.25) is 0 Å². The zero-order chi connectivity index (χ0) is 19.8. The van der Waals surface area contributed by atoms with E-state index in [2.05, 4.69) is 53.8 Å². The molecule has 0 fully saturated rings. The molecule has 0 saturated carbocycles. The van der Waals surface area contributed by atoms with Crippen LogP contribution in [0.2, 0.25) is 0 Å². The molecule has 0 aliphatic carbocycles. The lowest BCUT2D eigenvalue weighted by atomic mass is 9.89. The normalized spacial score (nSPS) is 11.0. The van der Waals surface area contributed by atoms with Crippen molar-refractivity contribution in [3.8, 4) is 0 Å². The first-order chi connectivity index (χ1) is 12.1. The van der Waals surface area contributed by atoms with Crippen LogP contribution in [0, 0.1) is 62.3 Å². The van der Waals surface area contributed by atoms with Crippen molar-refractivity contribution in [2.24, 2.45) is 0 Å². The Labute approximate surface area is 158 Å². The lowest BCUT2D eigenvalue weighted by molar-refractivity contribution is 0.0952. The molecule has 3 heteroatoms. The highest BCUT2D eigenvalue weighted by atomic mass is 16.1. The minimum Gasteiger partial charge on any atom is -0.352 e. The van der Waals surface area contributed by atoms with Crippen LogP contribution in [0.5, 0.6) is 0 Å². The highest BCUT2D eigenvalue weighted by molar-refractivity contribution is 5.98. The Morgan fingerprint density at radius 2 is 1.15 bits per heavy atom. The molecule has 0 bridgehead atoms. The van der Waals surface area contributed by atoms with Crippen molar-refractivity contribution in [1.29, 1.82) is 0 Å². The van der Waals surface area contributed by atoms with Gasteiger partial charge in [-0.25, -0.2) is 0 Å². The highest BCUT2D eigenvalue weighted by Gasteiger charge is 2.18. The number of benzene rings is 1. The lowest BCUT2D eigenvalue weighted by Gasteiger charge is -2.18. The minimum absolute atomic E-state index is 0.0180. The van der Waals surface area contributed by atoms with E-state index in [1.807, 2.05) is 13.8 Å². The third kappa shape index (κ3) is 3.53. The van der Waals surface area contributed by atoms with E-state index in [1.54, 1.807) is 0 Å². The second-order valence-electron chi connectivity index (χ2n) is 7.52. The van der Waals surface area contributed by atoms with Crippen molar-refractivity contribution in [3.05, 3.63) is 61.5 Å². The number of rotatable bonds is 4. The molecule has 0 aliphatic rings. The van der Waals surface area contributed by atoms with Gasteiger partial charge in [-0.05, 0) is 107 Å². The first-order valence-corrected chi connectivity index (χ1v) is 9.36. The van der Waals surface area contributed by atoms with Crippen LogP contribution in [0.25, 0.3) is 0 Å². The standard InChI is InChI=1S/C23H32N2O/c1-12-13(2)18(7)22(19(8)14(12)3)23(26)24-11-10-21-17(6)15(4)16(5)20(9)25-21/h10-11H2,1-9H3,(H,24,26). The van der Waals surface area contributed by atoms with E-state index in [0.717, 1.165) is 34.5 Å². The van der Waals surface area contributed by atoms with Gasteiger partial charge in [-0.1, -0.05) is 0 Å². The van der Waals surface area contributed by atoms with Crippen LogP contribution < -0.4 is 5.32 Å². The summed E-state index contributed by atoms with van der Waals surface area (Å²) in [4.78, 5) is 17.6. The number of pyridine rings is 1. The van der Waals surface area contributed by atoms with Crippen molar-refractivity contribution in [1.82, 2.24) is 10.3 Å². The molecule has 2 aromatic rings. The second-order valence-corrected chi connectivity index (χ2v) is 7.52. The topological polar surface area (TPSA) is 42.0 Å². The molecular formula is C23H32N2O. The number of hydrogen-bond acceptors (Lipinski definition) is 2. The Balaban J connectivity index is 2.19. The first-order valence-electron chi connectivity index (χ1n) is 9.36. The van der Waals surface area contributed by atoms with Gasteiger partial charge < -0.3 is 5.32 Å². The van der Waals surface area contributed by atoms with Crippen LogP contribution in [0.4, 0.5) is 0 Å². The Morgan fingerprint density at radius 3 is 1.69 bits per heavy atom. The zero-order valence-corrected chi connectivity index (χ0v) is 17.8. The fourth-order valence-corrected chi connectivity index (χ4v) is 3.61. The van der Waals surface area contributed by atoms with E-state index in [9.17, 15) is 4.79 Å². The molecule has 1 heterocycles. The van der Waals surface area contributed by atoms with E-state index < -0.39 is 0 Å². The van der Waals surface area contributed by atoms with Crippen LogP contribution >= 0.6 is 0 Å². The van der Waals surface area contributed by atoms with Gasteiger partial charge in [-0.2, -0.15) is 0 Å². The SMILES string of the molecule is Cc1nc(CCNC(=O)c2c(C)c(C)c(C)c(C)c2C)c(C)c(C)c1C. The van der Waals surface area contributed by atoms with Gasteiger partial charge in [0.25, 0.3) is 5.91 Å². The summed E-state index contributed by atoms with van der Waals surface area (Å²) in [5.41, 5.74) is 12.6. The van der Waals surface area contributed by atoms with Crippen molar-refractivity contribution in [2.45, 2.75) is 68.7 Å². The molecule has 0 saturated heterocycles. The molecule has 0 unspecified atom stereocenters. The average molecular weight is 353 g/mol. The predicted octanol–water partition coefficient (Wildman–Crippen LogP) is 4.83. The molecular weight excluding hydrogens is 320 g/mol. The molecule has 0 spiro atoms. The number of carbonyl (C=O) groups excluding carboxylic acids is 1. The van der Waals surface area contributed by atoms with Crippen LogP contribution in [0.15, 0.2) is 0 Å². The Morgan fingerprint density at radius 1 is 0.692 bits per heavy atom.